The Morgan fingerprint density at radius 1 is 0.848 bits per heavy atom. The van der Waals surface area contributed by atoms with Gasteiger partial charge < -0.3 is 25.8 Å². The number of ether oxygens (including phenoxy) is 1. The van der Waals surface area contributed by atoms with E-state index in [4.69, 9.17) is 9.84 Å². The summed E-state index contributed by atoms with van der Waals surface area (Å²) >= 11 is 0. The van der Waals surface area contributed by atoms with Gasteiger partial charge in [-0.2, -0.15) is 8.78 Å². The molecule has 0 aromatic heterocycles. The smallest absolute Gasteiger partial charge is 0.407 e. The first-order valence-electron chi connectivity index (χ1n) is 9.92. The minimum atomic E-state index is -4.12. The van der Waals surface area contributed by atoms with Crippen molar-refractivity contribution in [1.29, 1.82) is 0 Å². The number of nitrogens with one attached hydrogen (secondary N) is 3. The number of rotatable bonds is 9. The van der Waals surface area contributed by atoms with Gasteiger partial charge in [0.2, 0.25) is 11.8 Å². The number of amides is 3. The number of halogens is 2. The molecule has 0 saturated carbocycles. The second kappa shape index (κ2) is 10.1. The summed E-state index contributed by atoms with van der Waals surface area (Å²) in [6, 6.07) is 15.6. The lowest BCUT2D eigenvalue weighted by Gasteiger charge is -2.14. The van der Waals surface area contributed by atoms with E-state index < -0.39 is 49.4 Å². The summed E-state index contributed by atoms with van der Waals surface area (Å²) in [7, 11) is 0. The summed E-state index contributed by atoms with van der Waals surface area (Å²) in [5.74, 6) is -8.41. The molecule has 1 aliphatic rings. The van der Waals surface area contributed by atoms with E-state index in [1.807, 2.05) is 48.5 Å². The Kier molecular flexibility index (Phi) is 7.21. The van der Waals surface area contributed by atoms with Crippen LogP contribution in [0.3, 0.4) is 0 Å². The summed E-state index contributed by atoms with van der Waals surface area (Å²) in [5, 5.41) is 14.3. The maximum absolute atomic E-state index is 12.9. The van der Waals surface area contributed by atoms with Crippen molar-refractivity contribution < 1.29 is 37.8 Å². The molecule has 0 radical (unpaired) electrons. The standard InChI is InChI=1S/C22H21F2N3O6/c23-22(24,20(30)31)12-27-19(29)9-25-18(28)10-26-21(32)33-11-17-15-7-3-1-5-13(15)14-6-2-4-8-16(14)17/h1-8,17H,9-12H2,(H,25,28)(H,26,32)(H,27,29)(H,30,31). The zero-order chi connectivity index (χ0) is 24.0. The van der Waals surface area contributed by atoms with Gasteiger partial charge in [0.1, 0.15) is 13.2 Å². The van der Waals surface area contributed by atoms with E-state index in [-0.39, 0.29) is 12.5 Å². The first-order chi connectivity index (χ1) is 15.7. The Morgan fingerprint density at radius 2 is 1.36 bits per heavy atom. The largest absolute Gasteiger partial charge is 0.477 e. The third kappa shape index (κ3) is 5.82. The van der Waals surface area contributed by atoms with E-state index in [1.54, 1.807) is 5.32 Å². The summed E-state index contributed by atoms with van der Waals surface area (Å²) in [5.41, 5.74) is 4.20. The predicted octanol–water partition coefficient (Wildman–Crippen LogP) is 1.48. The van der Waals surface area contributed by atoms with Gasteiger partial charge in [0.25, 0.3) is 0 Å². The number of hydrogen-bond acceptors (Lipinski definition) is 5. The van der Waals surface area contributed by atoms with E-state index in [2.05, 4.69) is 10.6 Å². The van der Waals surface area contributed by atoms with Crippen LogP contribution in [0, 0.1) is 0 Å². The Morgan fingerprint density at radius 3 is 1.94 bits per heavy atom. The Hall–Kier alpha value is -4.02. The Labute approximate surface area is 187 Å². The summed E-state index contributed by atoms with van der Waals surface area (Å²) < 4.78 is 31.1. The first kappa shape index (κ1) is 23.6. The van der Waals surface area contributed by atoms with Crippen LogP contribution in [0.4, 0.5) is 13.6 Å². The summed E-state index contributed by atoms with van der Waals surface area (Å²) in [4.78, 5) is 45.5. The minimum Gasteiger partial charge on any atom is -0.477 e. The van der Waals surface area contributed by atoms with Crippen LogP contribution in [0.2, 0.25) is 0 Å². The molecular formula is C22H21F2N3O6. The second-order valence-corrected chi connectivity index (χ2v) is 7.24. The molecule has 0 saturated heterocycles. The maximum atomic E-state index is 12.9. The molecule has 3 rings (SSSR count). The summed E-state index contributed by atoms with van der Waals surface area (Å²) in [6.07, 6.45) is -0.836. The number of alkyl carbamates (subject to hydrolysis) is 1. The predicted molar refractivity (Wildman–Crippen MR) is 112 cm³/mol. The number of benzene rings is 2. The lowest BCUT2D eigenvalue weighted by Crippen LogP contribution is -2.46. The molecule has 1 aliphatic carbocycles. The highest BCUT2D eigenvalue weighted by atomic mass is 19.3. The van der Waals surface area contributed by atoms with Crippen molar-refractivity contribution in [2.75, 3.05) is 26.2 Å². The molecule has 0 heterocycles. The molecular weight excluding hydrogens is 440 g/mol. The molecule has 4 N–H and O–H groups in total. The maximum Gasteiger partial charge on any atom is 0.407 e. The van der Waals surface area contributed by atoms with E-state index in [9.17, 15) is 28.0 Å². The monoisotopic (exact) mass is 461 g/mol. The van der Waals surface area contributed by atoms with Crippen LogP contribution < -0.4 is 16.0 Å². The lowest BCUT2D eigenvalue weighted by molar-refractivity contribution is -0.164. The molecule has 0 atom stereocenters. The second-order valence-electron chi connectivity index (χ2n) is 7.24. The minimum absolute atomic E-state index is 0.0572. The van der Waals surface area contributed by atoms with E-state index in [0.29, 0.717) is 0 Å². The van der Waals surface area contributed by atoms with Crippen LogP contribution in [0.25, 0.3) is 11.1 Å². The number of carbonyl (C=O) groups is 4. The van der Waals surface area contributed by atoms with Crippen LogP contribution in [0.1, 0.15) is 17.0 Å². The molecule has 0 aliphatic heterocycles. The summed E-state index contributed by atoms with van der Waals surface area (Å²) in [6.45, 7) is -2.52. The van der Waals surface area contributed by atoms with Gasteiger partial charge in [-0.3, -0.25) is 9.59 Å². The lowest BCUT2D eigenvalue weighted by atomic mass is 9.98. The van der Waals surface area contributed by atoms with Crippen molar-refractivity contribution in [2.45, 2.75) is 11.8 Å². The van der Waals surface area contributed by atoms with Crippen LogP contribution in [0.15, 0.2) is 48.5 Å². The topological polar surface area (TPSA) is 134 Å². The van der Waals surface area contributed by atoms with Gasteiger partial charge in [0.15, 0.2) is 0 Å². The van der Waals surface area contributed by atoms with Crippen molar-refractivity contribution in [3.05, 3.63) is 59.7 Å². The van der Waals surface area contributed by atoms with Gasteiger partial charge in [-0.25, -0.2) is 9.59 Å². The van der Waals surface area contributed by atoms with Crippen molar-refractivity contribution in [3.63, 3.8) is 0 Å². The number of fused-ring (bicyclic) bond motifs is 3. The normalized spacial score (nSPS) is 12.3. The van der Waals surface area contributed by atoms with E-state index >= 15 is 0 Å². The molecule has 2 aromatic rings. The molecule has 0 bridgehead atoms. The molecule has 2 aromatic carbocycles. The third-order valence-electron chi connectivity index (χ3n) is 5.00. The highest BCUT2D eigenvalue weighted by Crippen LogP contribution is 2.44. The van der Waals surface area contributed by atoms with Gasteiger partial charge in [-0.05, 0) is 22.3 Å². The average molecular weight is 461 g/mol. The number of hydrogen-bond donors (Lipinski definition) is 4. The van der Waals surface area contributed by atoms with Gasteiger partial charge in [-0.1, -0.05) is 48.5 Å². The van der Waals surface area contributed by atoms with Crippen molar-refractivity contribution in [1.82, 2.24) is 16.0 Å². The van der Waals surface area contributed by atoms with Crippen LogP contribution in [-0.4, -0.2) is 61.1 Å². The van der Waals surface area contributed by atoms with Crippen LogP contribution in [-0.2, 0) is 19.1 Å². The fourth-order valence-corrected chi connectivity index (χ4v) is 3.39. The molecule has 0 spiro atoms. The average Bonchev–Trinajstić information content (AvgIpc) is 3.12. The third-order valence-corrected chi connectivity index (χ3v) is 5.00. The first-order valence-corrected chi connectivity index (χ1v) is 9.92. The Bertz CT molecular complexity index is 1030. The molecule has 0 fully saturated rings. The quantitative estimate of drug-likeness (QED) is 0.447. The van der Waals surface area contributed by atoms with E-state index in [1.165, 1.54) is 0 Å². The number of alkyl halides is 2. The molecule has 0 unspecified atom stereocenters. The highest BCUT2D eigenvalue weighted by Gasteiger charge is 2.39. The van der Waals surface area contributed by atoms with Crippen molar-refractivity contribution in [3.8, 4) is 11.1 Å². The van der Waals surface area contributed by atoms with Gasteiger partial charge in [0.05, 0.1) is 13.1 Å². The van der Waals surface area contributed by atoms with Gasteiger partial charge >= 0.3 is 18.0 Å². The molecule has 9 nitrogen and oxygen atoms in total. The van der Waals surface area contributed by atoms with Crippen LogP contribution in [0.5, 0.6) is 0 Å². The van der Waals surface area contributed by atoms with Crippen molar-refractivity contribution >= 4 is 23.9 Å². The zero-order valence-electron chi connectivity index (χ0n) is 17.3. The number of carbonyl (C=O) groups excluding carboxylic acids is 3. The SMILES string of the molecule is O=C(CNC(=O)CNC(=O)OCC1c2ccccc2-c2ccccc21)NCC(F)(F)C(=O)O. The number of aliphatic carboxylic acids is 1. The van der Waals surface area contributed by atoms with Gasteiger partial charge in [-0.15, -0.1) is 0 Å². The molecule has 33 heavy (non-hydrogen) atoms. The zero-order valence-corrected chi connectivity index (χ0v) is 17.3. The van der Waals surface area contributed by atoms with Crippen molar-refractivity contribution in [2.24, 2.45) is 0 Å². The molecule has 174 valence electrons. The van der Waals surface area contributed by atoms with Gasteiger partial charge in [0, 0.05) is 5.92 Å². The number of carboxylic acids is 1. The Balaban J connectivity index is 1.41. The molecule has 3 amide bonds. The number of carboxylic acid groups (broad SMARTS) is 1. The van der Waals surface area contributed by atoms with Crippen LogP contribution >= 0.6 is 0 Å². The molecule has 11 heteroatoms. The van der Waals surface area contributed by atoms with E-state index in [0.717, 1.165) is 22.3 Å². The highest BCUT2D eigenvalue weighted by molar-refractivity contribution is 5.87. The fourth-order valence-electron chi connectivity index (χ4n) is 3.39. The fraction of sp³-hybridized carbons (Fsp3) is 0.273.